The molecule has 1 aliphatic rings. The van der Waals surface area contributed by atoms with E-state index >= 15 is 0 Å². The molecular formula is C62H50N2. The number of rotatable bonds is 8. The first kappa shape index (κ1) is 40.2. The van der Waals surface area contributed by atoms with Crippen LogP contribution in [-0.2, 0) is 5.41 Å². The first-order valence-electron chi connectivity index (χ1n) is 22.2. The highest BCUT2D eigenvalue weighted by Crippen LogP contribution is 2.52. The summed E-state index contributed by atoms with van der Waals surface area (Å²) < 4.78 is 2.41. The molecule has 0 atom stereocenters. The van der Waals surface area contributed by atoms with Crippen molar-refractivity contribution in [2.24, 2.45) is 0 Å². The lowest BCUT2D eigenvalue weighted by molar-refractivity contribution is 0.660. The summed E-state index contributed by atoms with van der Waals surface area (Å²) in [6, 6.07) is 79.7. The van der Waals surface area contributed by atoms with Gasteiger partial charge < -0.3 is 9.47 Å². The Morgan fingerprint density at radius 2 is 0.922 bits per heavy atom. The third-order valence-electron chi connectivity index (χ3n) is 12.7. The smallest absolute Gasteiger partial charge is 0.0541 e. The molecule has 11 rings (SSSR count). The van der Waals surface area contributed by atoms with Crippen LogP contribution in [0.4, 0.5) is 17.1 Å². The van der Waals surface area contributed by atoms with Crippen LogP contribution in [0.1, 0.15) is 31.9 Å². The fourth-order valence-electron chi connectivity index (χ4n) is 9.52. The van der Waals surface area contributed by atoms with E-state index in [9.17, 15) is 0 Å². The lowest BCUT2D eigenvalue weighted by Crippen LogP contribution is -2.16. The Balaban J connectivity index is 0.000000920. The molecule has 2 heteroatoms. The monoisotopic (exact) mass is 822 g/mol. The first-order chi connectivity index (χ1) is 31.4. The van der Waals surface area contributed by atoms with Crippen LogP contribution >= 0.6 is 0 Å². The van der Waals surface area contributed by atoms with Gasteiger partial charge in [0.15, 0.2) is 0 Å². The third kappa shape index (κ3) is 7.33. The zero-order valence-electron chi connectivity index (χ0n) is 36.6. The van der Waals surface area contributed by atoms with E-state index in [1.54, 1.807) is 6.08 Å². The highest BCUT2D eigenvalue weighted by atomic mass is 15.1. The van der Waals surface area contributed by atoms with Gasteiger partial charge in [0.25, 0.3) is 0 Å². The fraction of sp³-hybridized carbons (Fsp3) is 0.0645. The van der Waals surface area contributed by atoms with E-state index < -0.39 is 0 Å². The molecule has 0 spiro atoms. The Labute approximate surface area is 377 Å². The van der Waals surface area contributed by atoms with Crippen LogP contribution in [0.25, 0.3) is 72.0 Å². The predicted molar refractivity (Wildman–Crippen MR) is 274 cm³/mol. The fourth-order valence-corrected chi connectivity index (χ4v) is 9.52. The average Bonchev–Trinajstić information content (AvgIpc) is 3.80. The summed E-state index contributed by atoms with van der Waals surface area (Å²) in [6.07, 6.45) is 5.58. The number of para-hydroxylation sites is 2. The largest absolute Gasteiger partial charge is 0.310 e. The van der Waals surface area contributed by atoms with Gasteiger partial charge in [0.1, 0.15) is 0 Å². The van der Waals surface area contributed by atoms with Gasteiger partial charge in [-0.3, -0.25) is 0 Å². The van der Waals surface area contributed by atoms with Crippen LogP contribution in [0.5, 0.6) is 0 Å². The van der Waals surface area contributed by atoms with Crippen molar-refractivity contribution in [2.45, 2.75) is 26.2 Å². The van der Waals surface area contributed by atoms with E-state index in [1.165, 1.54) is 77.4 Å². The molecule has 10 aromatic rings. The summed E-state index contributed by atoms with van der Waals surface area (Å²) in [7, 11) is 0. The number of hydrogen-bond acceptors (Lipinski definition) is 1. The Kier molecular flexibility index (Phi) is 10.7. The van der Waals surface area contributed by atoms with Gasteiger partial charge in [-0.2, -0.15) is 0 Å². The summed E-state index contributed by atoms with van der Waals surface area (Å²) >= 11 is 0. The van der Waals surface area contributed by atoms with E-state index in [0.29, 0.717) is 0 Å². The molecule has 2 nitrogen and oxygen atoms in total. The normalized spacial score (nSPS) is 12.4. The van der Waals surface area contributed by atoms with Crippen LogP contribution in [0, 0.1) is 0 Å². The zero-order valence-corrected chi connectivity index (χ0v) is 36.6. The highest BCUT2D eigenvalue weighted by molar-refractivity contribution is 6.10. The average molecular weight is 823 g/mol. The van der Waals surface area contributed by atoms with Gasteiger partial charge in [-0.15, -0.1) is 0 Å². The number of allylic oxidation sites excluding steroid dienone is 3. The second kappa shape index (κ2) is 17.1. The minimum absolute atomic E-state index is 0.194. The van der Waals surface area contributed by atoms with Gasteiger partial charge >= 0.3 is 0 Å². The van der Waals surface area contributed by atoms with Gasteiger partial charge in [0.2, 0.25) is 0 Å². The number of hydrogen-bond donors (Lipinski definition) is 0. The molecule has 0 fully saturated rings. The van der Waals surface area contributed by atoms with Crippen molar-refractivity contribution >= 4 is 38.9 Å². The Bertz CT molecular complexity index is 3300. The second-order valence-electron chi connectivity index (χ2n) is 17.0. The molecule has 308 valence electrons. The predicted octanol–water partition coefficient (Wildman–Crippen LogP) is 17.3. The number of anilines is 3. The van der Waals surface area contributed by atoms with Crippen molar-refractivity contribution in [2.75, 3.05) is 4.90 Å². The van der Waals surface area contributed by atoms with Gasteiger partial charge in [-0.1, -0.05) is 184 Å². The molecule has 0 amide bonds. The van der Waals surface area contributed by atoms with E-state index in [-0.39, 0.29) is 5.41 Å². The quantitative estimate of drug-likeness (QED) is 0.139. The summed E-state index contributed by atoms with van der Waals surface area (Å²) in [5, 5.41) is 2.52. The van der Waals surface area contributed by atoms with Crippen molar-refractivity contribution in [1.82, 2.24) is 4.57 Å². The van der Waals surface area contributed by atoms with Crippen LogP contribution in [0.15, 0.2) is 243 Å². The van der Waals surface area contributed by atoms with Crippen LogP contribution in [0.3, 0.4) is 0 Å². The molecule has 1 aromatic heterocycles. The topological polar surface area (TPSA) is 8.17 Å². The molecule has 0 aliphatic heterocycles. The SMILES string of the molecule is C=C/C=C\C.CC1(C)c2cc(-c3ccc4c(c3)c3ccccc3n4-c3cccc(-c4ccccc4)c3)ccc2-c2ccc(N(c3ccccc3)c3ccc(-c4ccccc4)cc3)cc21. The summed E-state index contributed by atoms with van der Waals surface area (Å²) in [6.45, 7) is 10.2. The molecule has 0 saturated heterocycles. The molecular weight excluding hydrogens is 773 g/mol. The number of benzene rings is 9. The van der Waals surface area contributed by atoms with Crippen LogP contribution in [-0.4, -0.2) is 4.57 Å². The van der Waals surface area contributed by atoms with Gasteiger partial charge in [-0.25, -0.2) is 0 Å². The molecule has 0 saturated carbocycles. The van der Waals surface area contributed by atoms with Gasteiger partial charge in [0.05, 0.1) is 11.0 Å². The van der Waals surface area contributed by atoms with E-state index in [1.807, 2.05) is 19.1 Å². The molecule has 0 N–H and O–H groups in total. The Morgan fingerprint density at radius 3 is 1.61 bits per heavy atom. The zero-order chi connectivity index (χ0) is 43.6. The molecule has 0 unspecified atom stereocenters. The molecule has 9 aromatic carbocycles. The Hall–Kier alpha value is -7.94. The van der Waals surface area contributed by atoms with Crippen molar-refractivity contribution in [3.05, 3.63) is 254 Å². The molecule has 0 radical (unpaired) electrons. The molecule has 1 aliphatic carbocycles. The van der Waals surface area contributed by atoms with Crippen molar-refractivity contribution in [3.8, 4) is 50.2 Å². The van der Waals surface area contributed by atoms with E-state index in [4.69, 9.17) is 0 Å². The maximum Gasteiger partial charge on any atom is 0.0541 e. The highest BCUT2D eigenvalue weighted by Gasteiger charge is 2.36. The second-order valence-corrected chi connectivity index (χ2v) is 17.0. The minimum Gasteiger partial charge on any atom is -0.310 e. The van der Waals surface area contributed by atoms with E-state index in [0.717, 1.165) is 22.7 Å². The number of fused-ring (bicyclic) bond motifs is 6. The van der Waals surface area contributed by atoms with Crippen molar-refractivity contribution in [3.63, 3.8) is 0 Å². The standard InChI is InChI=1S/C57H42N2.C5H8/c1-57(2)53-37-44(43-28-34-56-52(36-43)51-23-12-13-24-55(51)59(56)47-22-14-19-42(35-47)40-17-8-4-9-18-40)27-32-49(53)50-33-31-48(38-54(50)57)58(45-20-10-5-11-21-45)46-29-25-41(26-30-46)39-15-6-3-7-16-39;1-3-5-4-2/h3-38H,1-2H3;3-5H,1H2,2H3/b;5-4-. The number of nitrogens with zero attached hydrogens (tertiary/aromatic N) is 2. The molecule has 1 heterocycles. The maximum atomic E-state index is 3.46. The van der Waals surface area contributed by atoms with Crippen molar-refractivity contribution < 1.29 is 0 Å². The van der Waals surface area contributed by atoms with Gasteiger partial charge in [0, 0.05) is 38.9 Å². The van der Waals surface area contributed by atoms with Crippen LogP contribution < -0.4 is 4.90 Å². The third-order valence-corrected chi connectivity index (χ3v) is 12.7. The lowest BCUT2D eigenvalue weighted by Gasteiger charge is -2.28. The van der Waals surface area contributed by atoms with Crippen molar-refractivity contribution in [1.29, 1.82) is 0 Å². The van der Waals surface area contributed by atoms with E-state index in [2.05, 4.69) is 248 Å². The summed E-state index contributed by atoms with van der Waals surface area (Å²) in [4.78, 5) is 2.38. The summed E-state index contributed by atoms with van der Waals surface area (Å²) in [5.74, 6) is 0. The lowest BCUT2D eigenvalue weighted by atomic mass is 9.81. The minimum atomic E-state index is -0.194. The summed E-state index contributed by atoms with van der Waals surface area (Å²) in [5.41, 5.74) is 19.5. The number of aromatic nitrogens is 1. The molecule has 0 bridgehead atoms. The first-order valence-corrected chi connectivity index (χ1v) is 22.2. The van der Waals surface area contributed by atoms with Crippen LogP contribution in [0.2, 0.25) is 0 Å². The molecule has 64 heavy (non-hydrogen) atoms. The Morgan fingerprint density at radius 1 is 0.422 bits per heavy atom. The van der Waals surface area contributed by atoms with Gasteiger partial charge in [-0.05, 0) is 135 Å². The maximum absolute atomic E-state index is 3.46.